The predicted octanol–water partition coefficient (Wildman–Crippen LogP) is 14.9. The fourth-order valence-electron chi connectivity index (χ4n) is 7.03. The van der Waals surface area contributed by atoms with E-state index < -0.39 is 6.10 Å². The predicted molar refractivity (Wildman–Crippen MR) is 224 cm³/mol. The summed E-state index contributed by atoms with van der Waals surface area (Å²) >= 11 is 0. The summed E-state index contributed by atoms with van der Waals surface area (Å²) in [5.41, 5.74) is 0. The summed E-state index contributed by atoms with van der Waals surface area (Å²) in [7, 11) is 0. The van der Waals surface area contributed by atoms with E-state index in [1.165, 1.54) is 167 Å². The number of hydrogen-bond acceptors (Lipinski definition) is 6. The van der Waals surface area contributed by atoms with Gasteiger partial charge in [-0.3, -0.25) is 14.4 Å². The molecule has 0 aromatic heterocycles. The van der Waals surface area contributed by atoms with Crippen molar-refractivity contribution in [1.29, 1.82) is 0 Å². The van der Waals surface area contributed by atoms with E-state index >= 15 is 0 Å². The smallest absolute Gasteiger partial charge is 0.306 e. The topological polar surface area (TPSA) is 78.9 Å². The van der Waals surface area contributed by atoms with Crippen LogP contribution >= 0.6 is 0 Å². The number of carbonyl (C=O) groups is 3. The maximum atomic E-state index is 12.7. The average molecular weight is 751 g/mol. The van der Waals surface area contributed by atoms with Crippen molar-refractivity contribution in [2.75, 3.05) is 13.2 Å². The quantitative estimate of drug-likeness (QED) is 0.0351. The van der Waals surface area contributed by atoms with Crippen molar-refractivity contribution in [3.63, 3.8) is 0 Å². The Bertz CT molecular complexity index is 783. The zero-order chi connectivity index (χ0) is 38.7. The monoisotopic (exact) mass is 751 g/mol. The zero-order valence-electron chi connectivity index (χ0n) is 35.8. The van der Waals surface area contributed by atoms with Gasteiger partial charge in [0.25, 0.3) is 0 Å². The Morgan fingerprint density at radius 3 is 0.755 bits per heavy atom. The molecule has 1 atom stereocenters. The molecule has 0 aliphatic heterocycles. The Labute approximate surface area is 329 Å². The van der Waals surface area contributed by atoms with Gasteiger partial charge in [-0.05, 0) is 19.3 Å². The van der Waals surface area contributed by atoms with Crippen LogP contribution < -0.4 is 0 Å². The van der Waals surface area contributed by atoms with Crippen molar-refractivity contribution in [2.24, 2.45) is 0 Å². The van der Waals surface area contributed by atoms with Gasteiger partial charge in [0.1, 0.15) is 13.2 Å². The first-order valence-corrected chi connectivity index (χ1v) is 23.5. The Morgan fingerprint density at radius 1 is 0.302 bits per heavy atom. The van der Waals surface area contributed by atoms with Crippen LogP contribution in [-0.2, 0) is 28.6 Å². The third kappa shape index (κ3) is 41.4. The molecule has 0 spiro atoms. The lowest BCUT2D eigenvalue weighted by Gasteiger charge is -2.18. The Balaban J connectivity index is 4.23. The number of hydrogen-bond donors (Lipinski definition) is 0. The molecule has 0 fully saturated rings. The van der Waals surface area contributed by atoms with Gasteiger partial charge in [0, 0.05) is 19.3 Å². The summed E-state index contributed by atoms with van der Waals surface area (Å²) in [5, 5.41) is 0. The molecule has 6 heteroatoms. The first kappa shape index (κ1) is 51.4. The molecule has 0 aromatic carbocycles. The molecule has 0 saturated heterocycles. The largest absolute Gasteiger partial charge is 0.462 e. The van der Waals surface area contributed by atoms with Crippen LogP contribution in [0.5, 0.6) is 0 Å². The second-order valence-electron chi connectivity index (χ2n) is 16.0. The molecule has 0 unspecified atom stereocenters. The Morgan fingerprint density at radius 2 is 0.509 bits per heavy atom. The van der Waals surface area contributed by atoms with Crippen molar-refractivity contribution in [3.05, 3.63) is 0 Å². The highest BCUT2D eigenvalue weighted by molar-refractivity contribution is 5.71. The number of esters is 3. The molecule has 53 heavy (non-hydrogen) atoms. The standard InChI is InChI=1S/C47H90O6/c1-4-7-10-13-16-18-20-22-23-24-25-27-29-32-35-38-41-47(50)53-44(42-51-45(48)39-36-33-30-15-12-9-6-3)43-52-46(49)40-37-34-31-28-26-21-19-17-14-11-8-5-2/h44H,4-43H2,1-3H3/t44-/m0/s1. The van der Waals surface area contributed by atoms with Gasteiger partial charge in [-0.2, -0.15) is 0 Å². The van der Waals surface area contributed by atoms with Crippen LogP contribution in [0, 0.1) is 0 Å². The van der Waals surface area contributed by atoms with Crippen LogP contribution in [0.3, 0.4) is 0 Å². The molecule has 0 rings (SSSR count). The highest BCUT2D eigenvalue weighted by atomic mass is 16.6. The molecular formula is C47H90O6. The van der Waals surface area contributed by atoms with Gasteiger partial charge in [0.2, 0.25) is 0 Å². The lowest BCUT2D eigenvalue weighted by atomic mass is 10.0. The minimum absolute atomic E-state index is 0.0630. The SMILES string of the molecule is CCCCCCCCCCCCCCCCCCC(=O)O[C@@H](COC(=O)CCCCCCCCC)COC(=O)CCCCCCCCCCCCCC. The number of carbonyl (C=O) groups excluding carboxylic acids is 3. The second-order valence-corrected chi connectivity index (χ2v) is 16.0. The molecule has 314 valence electrons. The van der Waals surface area contributed by atoms with E-state index in [4.69, 9.17) is 14.2 Å². The Kier molecular flexibility index (Phi) is 41.8. The van der Waals surface area contributed by atoms with E-state index in [1.807, 2.05) is 0 Å². The molecule has 0 heterocycles. The van der Waals surface area contributed by atoms with Gasteiger partial charge in [-0.25, -0.2) is 0 Å². The highest BCUT2D eigenvalue weighted by Crippen LogP contribution is 2.16. The van der Waals surface area contributed by atoms with Gasteiger partial charge in [-0.15, -0.1) is 0 Å². The summed E-state index contributed by atoms with van der Waals surface area (Å²) in [4.78, 5) is 37.6. The first-order chi connectivity index (χ1) is 26.0. The fourth-order valence-corrected chi connectivity index (χ4v) is 7.03. The van der Waals surface area contributed by atoms with E-state index in [2.05, 4.69) is 20.8 Å². The maximum Gasteiger partial charge on any atom is 0.306 e. The molecule has 0 saturated carbocycles. The maximum absolute atomic E-state index is 12.7. The van der Waals surface area contributed by atoms with Crippen LogP contribution in [0.4, 0.5) is 0 Å². The van der Waals surface area contributed by atoms with Crippen molar-refractivity contribution in [2.45, 2.75) is 271 Å². The van der Waals surface area contributed by atoms with Gasteiger partial charge in [-0.1, -0.05) is 226 Å². The molecule has 6 nitrogen and oxygen atoms in total. The molecule has 0 aliphatic rings. The minimum Gasteiger partial charge on any atom is -0.462 e. The molecule has 0 aromatic rings. The average Bonchev–Trinajstić information content (AvgIpc) is 3.15. The zero-order valence-corrected chi connectivity index (χ0v) is 35.8. The normalized spacial score (nSPS) is 11.8. The Hall–Kier alpha value is -1.59. The summed E-state index contributed by atoms with van der Waals surface area (Å²) in [6.45, 7) is 6.62. The minimum atomic E-state index is -0.757. The van der Waals surface area contributed by atoms with Crippen LogP contribution in [0.25, 0.3) is 0 Å². The van der Waals surface area contributed by atoms with E-state index in [0.29, 0.717) is 19.3 Å². The van der Waals surface area contributed by atoms with Crippen LogP contribution in [0.2, 0.25) is 0 Å². The van der Waals surface area contributed by atoms with Gasteiger partial charge < -0.3 is 14.2 Å². The van der Waals surface area contributed by atoms with Crippen LogP contribution in [0.1, 0.15) is 265 Å². The van der Waals surface area contributed by atoms with Gasteiger partial charge in [0.15, 0.2) is 6.10 Å². The number of ether oxygens (including phenoxy) is 3. The van der Waals surface area contributed by atoms with E-state index in [0.717, 1.165) is 57.8 Å². The van der Waals surface area contributed by atoms with Crippen LogP contribution in [0.15, 0.2) is 0 Å². The summed E-state index contributed by atoms with van der Waals surface area (Å²) in [5.74, 6) is -0.855. The molecule has 0 amide bonds. The van der Waals surface area contributed by atoms with Crippen LogP contribution in [-0.4, -0.2) is 37.2 Å². The summed E-state index contributed by atoms with van der Waals surface area (Å²) in [6, 6.07) is 0. The van der Waals surface area contributed by atoms with Gasteiger partial charge >= 0.3 is 17.9 Å². The first-order valence-electron chi connectivity index (χ1n) is 23.5. The third-order valence-corrected chi connectivity index (χ3v) is 10.6. The number of unbranched alkanes of at least 4 members (excludes halogenated alkanes) is 32. The van der Waals surface area contributed by atoms with E-state index in [1.54, 1.807) is 0 Å². The molecule has 0 bridgehead atoms. The van der Waals surface area contributed by atoms with E-state index in [9.17, 15) is 14.4 Å². The summed E-state index contributed by atoms with van der Waals surface area (Å²) < 4.78 is 16.7. The lowest BCUT2D eigenvalue weighted by Crippen LogP contribution is -2.30. The fraction of sp³-hybridized carbons (Fsp3) is 0.936. The number of rotatable bonds is 43. The van der Waals surface area contributed by atoms with Crippen molar-refractivity contribution in [1.82, 2.24) is 0 Å². The van der Waals surface area contributed by atoms with Crippen molar-refractivity contribution < 1.29 is 28.6 Å². The highest BCUT2D eigenvalue weighted by Gasteiger charge is 2.19. The third-order valence-electron chi connectivity index (χ3n) is 10.6. The van der Waals surface area contributed by atoms with Gasteiger partial charge in [0.05, 0.1) is 0 Å². The molecule has 0 N–H and O–H groups in total. The summed E-state index contributed by atoms with van der Waals surface area (Å²) in [6.07, 6.45) is 43.8. The lowest BCUT2D eigenvalue weighted by molar-refractivity contribution is -0.167. The van der Waals surface area contributed by atoms with E-state index in [-0.39, 0.29) is 31.1 Å². The van der Waals surface area contributed by atoms with Crippen molar-refractivity contribution in [3.8, 4) is 0 Å². The van der Waals surface area contributed by atoms with Crippen molar-refractivity contribution >= 4 is 17.9 Å². The molecule has 0 radical (unpaired) electrons. The second kappa shape index (κ2) is 43.1. The molecule has 0 aliphatic carbocycles. The molecular weight excluding hydrogens is 661 g/mol.